The Balaban J connectivity index is 2.29. The summed E-state index contributed by atoms with van der Waals surface area (Å²) < 4.78 is 5.40. The predicted octanol–water partition coefficient (Wildman–Crippen LogP) is 3.09. The van der Waals surface area contributed by atoms with Crippen molar-refractivity contribution in [1.29, 1.82) is 0 Å². The largest absolute Gasteiger partial charge is 0.496 e. The van der Waals surface area contributed by atoms with E-state index < -0.39 is 6.10 Å². The van der Waals surface area contributed by atoms with Crippen molar-refractivity contribution in [2.24, 2.45) is 22.5 Å². The van der Waals surface area contributed by atoms with Crippen LogP contribution in [0.4, 0.5) is 0 Å². The van der Waals surface area contributed by atoms with Crippen LogP contribution in [0.2, 0.25) is 0 Å². The SMILES string of the molecule is COc1cc(C(CN)C(O)C2C(C)(C)C2(C)C)ccc1C. The van der Waals surface area contributed by atoms with E-state index >= 15 is 0 Å². The maximum Gasteiger partial charge on any atom is 0.122 e. The zero-order chi connectivity index (χ0) is 16.0. The fourth-order valence-corrected chi connectivity index (χ4v) is 3.87. The van der Waals surface area contributed by atoms with Gasteiger partial charge in [0.05, 0.1) is 13.2 Å². The van der Waals surface area contributed by atoms with Crippen LogP contribution in [0.15, 0.2) is 18.2 Å². The summed E-state index contributed by atoms with van der Waals surface area (Å²) in [5.74, 6) is 1.07. The van der Waals surface area contributed by atoms with Crippen molar-refractivity contribution in [2.45, 2.75) is 46.6 Å². The van der Waals surface area contributed by atoms with Crippen LogP contribution in [0.1, 0.15) is 44.7 Å². The lowest BCUT2D eigenvalue weighted by Crippen LogP contribution is -2.29. The van der Waals surface area contributed by atoms with Gasteiger partial charge in [-0.1, -0.05) is 39.8 Å². The lowest BCUT2D eigenvalue weighted by atomic mass is 9.87. The quantitative estimate of drug-likeness (QED) is 0.876. The second-order valence-electron chi connectivity index (χ2n) is 7.48. The van der Waals surface area contributed by atoms with Crippen molar-refractivity contribution in [1.82, 2.24) is 0 Å². The lowest BCUT2D eigenvalue weighted by Gasteiger charge is -2.24. The first-order valence-electron chi connectivity index (χ1n) is 7.71. The summed E-state index contributed by atoms with van der Waals surface area (Å²) in [5, 5.41) is 10.9. The van der Waals surface area contributed by atoms with Gasteiger partial charge in [0.1, 0.15) is 5.75 Å². The second-order valence-corrected chi connectivity index (χ2v) is 7.48. The highest BCUT2D eigenvalue weighted by atomic mass is 16.5. The topological polar surface area (TPSA) is 55.5 Å². The second kappa shape index (κ2) is 5.29. The molecule has 0 amide bonds. The van der Waals surface area contributed by atoms with E-state index in [1.54, 1.807) is 7.11 Å². The molecule has 0 bridgehead atoms. The Bertz CT molecular complexity index is 508. The van der Waals surface area contributed by atoms with Crippen LogP contribution in [-0.2, 0) is 0 Å². The molecule has 2 rings (SSSR count). The smallest absolute Gasteiger partial charge is 0.122 e. The summed E-state index contributed by atoms with van der Waals surface area (Å²) in [6, 6.07) is 6.10. The van der Waals surface area contributed by atoms with E-state index in [1.165, 1.54) is 0 Å². The van der Waals surface area contributed by atoms with Crippen LogP contribution in [0.3, 0.4) is 0 Å². The molecule has 1 aliphatic carbocycles. The fourth-order valence-electron chi connectivity index (χ4n) is 3.87. The summed E-state index contributed by atoms with van der Waals surface area (Å²) in [7, 11) is 1.67. The van der Waals surface area contributed by atoms with E-state index in [2.05, 4.69) is 33.8 Å². The minimum atomic E-state index is -0.424. The van der Waals surface area contributed by atoms with Crippen molar-refractivity contribution < 1.29 is 9.84 Å². The molecule has 0 radical (unpaired) electrons. The first-order chi connectivity index (χ1) is 9.68. The standard InChI is InChI=1S/C18H29NO2/c1-11-7-8-12(9-14(11)21-6)13(10-19)15(20)16-17(2,3)18(16,4)5/h7-9,13,15-16,20H,10,19H2,1-6H3. The maximum absolute atomic E-state index is 10.9. The minimum Gasteiger partial charge on any atom is -0.496 e. The van der Waals surface area contributed by atoms with Gasteiger partial charge in [-0.25, -0.2) is 0 Å². The monoisotopic (exact) mass is 291 g/mol. The van der Waals surface area contributed by atoms with E-state index in [0.717, 1.165) is 16.9 Å². The van der Waals surface area contributed by atoms with Crippen LogP contribution < -0.4 is 10.5 Å². The first kappa shape index (κ1) is 16.3. The van der Waals surface area contributed by atoms with Gasteiger partial charge in [0, 0.05) is 12.5 Å². The molecule has 1 aromatic rings. The summed E-state index contributed by atoms with van der Waals surface area (Å²) in [4.78, 5) is 0. The number of methoxy groups -OCH3 is 1. The predicted molar refractivity (Wildman–Crippen MR) is 86.6 cm³/mol. The molecule has 1 aliphatic rings. The lowest BCUT2D eigenvalue weighted by molar-refractivity contribution is 0.102. The number of aryl methyl sites for hydroxylation is 1. The molecule has 2 atom stereocenters. The number of benzene rings is 1. The van der Waals surface area contributed by atoms with Gasteiger partial charge in [0.25, 0.3) is 0 Å². The highest BCUT2D eigenvalue weighted by molar-refractivity contribution is 5.39. The average Bonchev–Trinajstić information content (AvgIpc) is 2.82. The van der Waals surface area contributed by atoms with Crippen molar-refractivity contribution in [2.75, 3.05) is 13.7 Å². The third-order valence-corrected chi connectivity index (χ3v) is 6.00. The molecule has 118 valence electrons. The zero-order valence-corrected chi connectivity index (χ0v) is 14.1. The van der Waals surface area contributed by atoms with Crippen LogP contribution in [0, 0.1) is 23.7 Å². The summed E-state index contributed by atoms with van der Waals surface area (Å²) in [6.07, 6.45) is -0.424. The van der Waals surface area contributed by atoms with Crippen LogP contribution in [0.25, 0.3) is 0 Å². The van der Waals surface area contributed by atoms with Crippen LogP contribution in [-0.4, -0.2) is 24.9 Å². The Kier molecular flexibility index (Phi) is 4.11. The van der Waals surface area contributed by atoms with Gasteiger partial charge >= 0.3 is 0 Å². The molecular weight excluding hydrogens is 262 g/mol. The molecule has 3 heteroatoms. The molecule has 1 fully saturated rings. The number of ether oxygens (including phenoxy) is 1. The highest BCUT2D eigenvalue weighted by Gasteiger charge is 2.67. The molecule has 1 aromatic carbocycles. The molecule has 3 nitrogen and oxygen atoms in total. The Morgan fingerprint density at radius 3 is 2.24 bits per heavy atom. The van der Waals surface area contributed by atoms with Gasteiger partial charge in [0.2, 0.25) is 0 Å². The number of nitrogens with two attached hydrogens (primary N) is 1. The Morgan fingerprint density at radius 1 is 1.24 bits per heavy atom. The number of hydrogen-bond donors (Lipinski definition) is 2. The number of rotatable bonds is 5. The van der Waals surface area contributed by atoms with Crippen molar-refractivity contribution in [3.8, 4) is 5.75 Å². The first-order valence-corrected chi connectivity index (χ1v) is 7.71. The van der Waals surface area contributed by atoms with Crippen molar-refractivity contribution in [3.05, 3.63) is 29.3 Å². The van der Waals surface area contributed by atoms with Crippen LogP contribution >= 0.6 is 0 Å². The Hall–Kier alpha value is -1.06. The highest BCUT2D eigenvalue weighted by Crippen LogP contribution is 2.70. The van der Waals surface area contributed by atoms with Gasteiger partial charge in [-0.2, -0.15) is 0 Å². The molecule has 0 aliphatic heterocycles. The normalized spacial score (nSPS) is 22.7. The van der Waals surface area contributed by atoms with Gasteiger partial charge in [-0.3, -0.25) is 0 Å². The molecule has 0 saturated heterocycles. The molecule has 0 heterocycles. The number of hydrogen-bond acceptors (Lipinski definition) is 3. The van der Waals surface area contributed by atoms with Gasteiger partial charge in [-0.15, -0.1) is 0 Å². The molecule has 0 aromatic heterocycles. The summed E-state index contributed by atoms with van der Waals surface area (Å²) in [5.41, 5.74) is 8.43. The van der Waals surface area contributed by atoms with E-state index in [1.807, 2.05) is 19.1 Å². The molecule has 0 spiro atoms. The third kappa shape index (κ3) is 2.47. The van der Waals surface area contributed by atoms with Crippen LogP contribution in [0.5, 0.6) is 5.75 Å². The third-order valence-electron chi connectivity index (χ3n) is 6.00. The molecule has 3 N–H and O–H groups in total. The van der Waals surface area contributed by atoms with Crippen molar-refractivity contribution in [3.63, 3.8) is 0 Å². The Morgan fingerprint density at radius 2 is 1.81 bits per heavy atom. The molecule has 21 heavy (non-hydrogen) atoms. The van der Waals surface area contributed by atoms with Gasteiger partial charge in [0.15, 0.2) is 0 Å². The fraction of sp³-hybridized carbons (Fsp3) is 0.667. The van der Waals surface area contributed by atoms with Crippen molar-refractivity contribution >= 4 is 0 Å². The summed E-state index contributed by atoms with van der Waals surface area (Å²) >= 11 is 0. The average molecular weight is 291 g/mol. The molecular formula is C18H29NO2. The maximum atomic E-state index is 10.9. The summed E-state index contributed by atoms with van der Waals surface area (Å²) in [6.45, 7) is 11.4. The molecule has 2 unspecified atom stereocenters. The zero-order valence-electron chi connectivity index (χ0n) is 14.1. The minimum absolute atomic E-state index is 0.0504. The van der Waals surface area contributed by atoms with E-state index in [0.29, 0.717) is 6.54 Å². The van der Waals surface area contributed by atoms with Gasteiger partial charge in [-0.05, 0) is 40.9 Å². The number of aliphatic hydroxyl groups excluding tert-OH is 1. The van der Waals surface area contributed by atoms with E-state index in [9.17, 15) is 5.11 Å². The van der Waals surface area contributed by atoms with Gasteiger partial charge < -0.3 is 15.6 Å². The Labute approximate surface area is 128 Å². The van der Waals surface area contributed by atoms with E-state index in [4.69, 9.17) is 10.5 Å². The molecule has 1 saturated carbocycles. The van der Waals surface area contributed by atoms with E-state index in [-0.39, 0.29) is 22.7 Å². The number of aliphatic hydroxyl groups is 1.